The predicted octanol–water partition coefficient (Wildman–Crippen LogP) is -0.0812. The summed E-state index contributed by atoms with van der Waals surface area (Å²) in [5.74, 6) is -4.96. The van der Waals surface area contributed by atoms with Crippen LogP contribution in [0, 0.1) is 34.0 Å². The number of carbonyl (C=O) groups is 2. The second-order valence-corrected chi connectivity index (χ2v) is 10.4. The number of hydrogen-bond acceptors (Lipinski definition) is 8. The molecular weight excluding hydrogens is 392 g/mol. The van der Waals surface area contributed by atoms with Crippen LogP contribution in [0.15, 0.2) is 12.2 Å². The van der Waals surface area contributed by atoms with Gasteiger partial charge in [-0.05, 0) is 37.2 Å². The Labute approximate surface area is 174 Å². The maximum atomic E-state index is 13.5. The molecule has 2 saturated heterocycles. The van der Waals surface area contributed by atoms with E-state index in [9.17, 15) is 30.0 Å². The van der Waals surface area contributed by atoms with Gasteiger partial charge in [-0.2, -0.15) is 0 Å². The molecule has 30 heavy (non-hydrogen) atoms. The molecule has 6 rings (SSSR count). The lowest BCUT2D eigenvalue weighted by molar-refractivity contribution is -0.459. The maximum Gasteiger partial charge on any atom is 0.302 e. The number of rotatable bonds is 2. The maximum absolute atomic E-state index is 13.5. The number of carbonyl (C=O) groups excluding carboxylic acids is 2. The Morgan fingerprint density at radius 1 is 1.23 bits per heavy atom. The lowest BCUT2D eigenvalue weighted by atomic mass is 9.35. The molecule has 2 heterocycles. The monoisotopic (exact) mass is 422 g/mol. The third kappa shape index (κ3) is 1.92. The van der Waals surface area contributed by atoms with Crippen LogP contribution in [0.1, 0.15) is 39.5 Å². The lowest BCUT2D eigenvalue weighted by Gasteiger charge is -2.74. The van der Waals surface area contributed by atoms with E-state index in [1.165, 1.54) is 6.92 Å². The van der Waals surface area contributed by atoms with Gasteiger partial charge in [-0.1, -0.05) is 13.5 Å². The largest absolute Gasteiger partial charge is 0.465 e. The fourth-order valence-electron chi connectivity index (χ4n) is 8.16. The van der Waals surface area contributed by atoms with Gasteiger partial charge < -0.3 is 29.9 Å². The van der Waals surface area contributed by atoms with E-state index in [1.807, 2.05) is 6.92 Å². The van der Waals surface area contributed by atoms with Gasteiger partial charge in [0.2, 0.25) is 5.79 Å². The normalized spacial score (nSPS) is 56.5. The minimum atomic E-state index is -2.30. The highest BCUT2D eigenvalue weighted by Crippen LogP contribution is 2.76. The molecule has 4 N–H and O–H groups in total. The summed E-state index contributed by atoms with van der Waals surface area (Å²) in [5, 5.41) is 45.8. The van der Waals surface area contributed by atoms with E-state index in [4.69, 9.17) is 9.47 Å². The highest BCUT2D eigenvalue weighted by Gasteiger charge is 2.87. The zero-order chi connectivity index (χ0) is 21.9. The van der Waals surface area contributed by atoms with E-state index in [2.05, 4.69) is 6.58 Å². The molecule has 0 aromatic carbocycles. The number of esters is 1. The van der Waals surface area contributed by atoms with Gasteiger partial charge in [-0.15, -0.1) is 0 Å². The molecule has 2 aliphatic heterocycles. The van der Waals surface area contributed by atoms with Crippen LogP contribution in [0.4, 0.5) is 0 Å². The van der Waals surface area contributed by atoms with Gasteiger partial charge in [0.1, 0.15) is 11.5 Å². The zero-order valence-electron chi connectivity index (χ0n) is 17.3. The van der Waals surface area contributed by atoms with Crippen LogP contribution in [-0.4, -0.2) is 69.5 Å². The van der Waals surface area contributed by atoms with Crippen LogP contribution in [0.5, 0.6) is 0 Å². The molecule has 0 unspecified atom stereocenters. The van der Waals surface area contributed by atoms with Crippen LogP contribution in [0.25, 0.3) is 0 Å². The predicted molar refractivity (Wildman–Crippen MR) is 102 cm³/mol. The van der Waals surface area contributed by atoms with E-state index in [0.717, 1.165) is 0 Å². The average Bonchev–Trinajstić information content (AvgIpc) is 2.80. The van der Waals surface area contributed by atoms with Crippen molar-refractivity contribution in [2.45, 2.75) is 63.6 Å². The smallest absolute Gasteiger partial charge is 0.302 e. The average molecular weight is 422 g/mol. The standard InChI is InChI=1S/C22H30O8/c1-10-12-4-5-13-20-9-30-22(28,21(13,16(10)25)17(12)26)18(27)15(20)19(3,7-6-14(20)24)8-29-11(2)23/h12-15,17-18,24,26-28H,1,4-9H2,2-3H3/t12-,13+,14+,15-,17+,18-,19+,20-,21+,22+/m0/s1. The fraction of sp³-hybridized carbons (Fsp3) is 0.818. The lowest BCUT2D eigenvalue weighted by Crippen LogP contribution is -2.86. The van der Waals surface area contributed by atoms with E-state index < -0.39 is 69.9 Å². The quantitative estimate of drug-likeness (QED) is 0.359. The molecule has 10 atom stereocenters. The summed E-state index contributed by atoms with van der Waals surface area (Å²) in [4.78, 5) is 25.0. The Morgan fingerprint density at radius 3 is 2.60 bits per heavy atom. The number of Topliss-reactive ketones (excluding diaryl/α,β-unsaturated/α-hetero) is 1. The second-order valence-electron chi connectivity index (χ2n) is 10.4. The summed E-state index contributed by atoms with van der Waals surface area (Å²) in [6, 6.07) is 0. The molecule has 0 aromatic rings. The van der Waals surface area contributed by atoms with Crippen molar-refractivity contribution in [3.8, 4) is 0 Å². The first-order valence-electron chi connectivity index (χ1n) is 10.8. The van der Waals surface area contributed by atoms with Crippen molar-refractivity contribution < 1.29 is 39.5 Å². The summed E-state index contributed by atoms with van der Waals surface area (Å²) >= 11 is 0. The molecule has 8 heteroatoms. The molecule has 8 nitrogen and oxygen atoms in total. The number of fused-ring (bicyclic) bond motifs is 2. The summed E-state index contributed by atoms with van der Waals surface area (Å²) in [7, 11) is 0. The first-order chi connectivity index (χ1) is 14.0. The summed E-state index contributed by atoms with van der Waals surface area (Å²) in [5.41, 5.74) is -3.28. The molecule has 0 aromatic heterocycles. The van der Waals surface area contributed by atoms with Gasteiger partial charge in [0.05, 0.1) is 25.4 Å². The molecular formula is C22H30O8. The van der Waals surface area contributed by atoms with Crippen molar-refractivity contribution in [3.63, 3.8) is 0 Å². The van der Waals surface area contributed by atoms with Crippen molar-refractivity contribution >= 4 is 11.8 Å². The second kappa shape index (κ2) is 5.92. The molecule has 2 spiro atoms. The third-order valence-corrected chi connectivity index (χ3v) is 9.32. The zero-order valence-corrected chi connectivity index (χ0v) is 17.3. The van der Waals surface area contributed by atoms with Crippen molar-refractivity contribution in [1.29, 1.82) is 0 Å². The van der Waals surface area contributed by atoms with Gasteiger partial charge >= 0.3 is 5.97 Å². The number of ether oxygens (including phenoxy) is 2. The third-order valence-electron chi connectivity index (χ3n) is 9.32. The SMILES string of the molecule is C=C1C(=O)[C@@]23[C@H](O)[C@H]1CC[C@@H]2[C@]12CO[C@]3(O)[C@@H](O)[C@H]1[C@@](C)(COC(C)=O)CC[C@H]2O. The van der Waals surface area contributed by atoms with E-state index in [-0.39, 0.29) is 18.8 Å². The molecule has 4 bridgehead atoms. The van der Waals surface area contributed by atoms with Gasteiger partial charge in [0, 0.05) is 29.6 Å². The Hall–Kier alpha value is -1.32. The minimum Gasteiger partial charge on any atom is -0.465 e. The van der Waals surface area contributed by atoms with Crippen LogP contribution in [0.3, 0.4) is 0 Å². The Bertz CT molecular complexity index is 841. The first-order valence-corrected chi connectivity index (χ1v) is 10.8. The van der Waals surface area contributed by atoms with Gasteiger partial charge in [0.25, 0.3) is 0 Å². The summed E-state index contributed by atoms with van der Waals surface area (Å²) < 4.78 is 11.1. The highest BCUT2D eigenvalue weighted by atomic mass is 16.6. The minimum absolute atomic E-state index is 0.0279. The van der Waals surface area contributed by atoms with Crippen LogP contribution in [0.2, 0.25) is 0 Å². The van der Waals surface area contributed by atoms with Crippen molar-refractivity contribution in [2.24, 2.45) is 34.0 Å². The number of ketones is 1. The number of hydrogen-bond donors (Lipinski definition) is 4. The molecule has 0 amide bonds. The summed E-state index contributed by atoms with van der Waals surface area (Å²) in [6.07, 6.45) is -1.78. The highest BCUT2D eigenvalue weighted by molar-refractivity contribution is 6.05. The molecule has 6 fully saturated rings. The van der Waals surface area contributed by atoms with Crippen molar-refractivity contribution in [2.75, 3.05) is 13.2 Å². The Kier molecular flexibility index (Phi) is 4.06. The number of aliphatic hydroxyl groups excluding tert-OH is 3. The fourth-order valence-corrected chi connectivity index (χ4v) is 8.16. The first kappa shape index (κ1) is 20.6. The topological polar surface area (TPSA) is 134 Å². The molecule has 4 aliphatic carbocycles. The van der Waals surface area contributed by atoms with E-state index in [1.54, 1.807) is 0 Å². The molecule has 0 radical (unpaired) electrons. The van der Waals surface area contributed by atoms with Gasteiger partial charge in [-0.3, -0.25) is 9.59 Å². The van der Waals surface area contributed by atoms with Gasteiger partial charge in [-0.25, -0.2) is 0 Å². The number of aliphatic hydroxyl groups is 4. The molecule has 6 aliphatic rings. The van der Waals surface area contributed by atoms with E-state index in [0.29, 0.717) is 25.7 Å². The van der Waals surface area contributed by atoms with Crippen molar-refractivity contribution in [1.82, 2.24) is 0 Å². The molecule has 4 saturated carbocycles. The van der Waals surface area contributed by atoms with E-state index >= 15 is 0 Å². The molecule has 166 valence electrons. The van der Waals surface area contributed by atoms with Crippen LogP contribution in [-0.2, 0) is 19.1 Å². The van der Waals surface area contributed by atoms with Crippen molar-refractivity contribution in [3.05, 3.63) is 12.2 Å². The Balaban J connectivity index is 1.71. The summed E-state index contributed by atoms with van der Waals surface area (Å²) in [6.45, 7) is 7.06. The Morgan fingerprint density at radius 2 is 1.93 bits per heavy atom. The van der Waals surface area contributed by atoms with Crippen LogP contribution >= 0.6 is 0 Å². The van der Waals surface area contributed by atoms with Crippen LogP contribution < -0.4 is 0 Å². The van der Waals surface area contributed by atoms with Gasteiger partial charge in [0.15, 0.2) is 5.78 Å².